The lowest BCUT2D eigenvalue weighted by Gasteiger charge is -2.19. The highest BCUT2D eigenvalue weighted by Crippen LogP contribution is 2.18. The summed E-state index contributed by atoms with van der Waals surface area (Å²) in [5.41, 5.74) is 0.180. The zero-order valence-corrected chi connectivity index (χ0v) is 12.2. The van der Waals surface area contributed by atoms with Crippen LogP contribution in [0.3, 0.4) is 0 Å². The molecule has 0 bridgehead atoms. The van der Waals surface area contributed by atoms with Gasteiger partial charge in [0, 0.05) is 11.6 Å². The minimum atomic E-state index is -0.773. The van der Waals surface area contributed by atoms with Crippen LogP contribution in [-0.4, -0.2) is 30.0 Å². The van der Waals surface area contributed by atoms with Crippen LogP contribution in [0.1, 0.15) is 19.4 Å². The van der Waals surface area contributed by atoms with Gasteiger partial charge >= 0.3 is 5.97 Å². The number of ether oxygens (including phenoxy) is 1. The number of amides is 1. The molecule has 1 amide bonds. The molecule has 0 radical (unpaired) electrons. The number of carbonyl (C=O) groups is 2. The molecule has 7 heteroatoms. The van der Waals surface area contributed by atoms with Crippen LogP contribution >= 0.6 is 0 Å². The minimum absolute atomic E-state index is 0.119. The molecule has 0 fully saturated rings. The zero-order valence-electron chi connectivity index (χ0n) is 12.2. The molecule has 0 heterocycles. The summed E-state index contributed by atoms with van der Waals surface area (Å²) in [4.78, 5) is 33.9. The highest BCUT2D eigenvalue weighted by Gasteiger charge is 2.25. The molecule has 0 aliphatic heterocycles. The Balaban J connectivity index is 2.82. The first kappa shape index (κ1) is 16.6. The summed E-state index contributed by atoms with van der Waals surface area (Å²) in [6, 6.07) is 5.23. The van der Waals surface area contributed by atoms with E-state index in [2.05, 4.69) is 10.1 Å². The van der Waals surface area contributed by atoms with Gasteiger partial charge in [0.15, 0.2) is 0 Å². The van der Waals surface area contributed by atoms with E-state index in [0.717, 1.165) is 0 Å². The van der Waals surface area contributed by atoms with Crippen LogP contribution in [0.15, 0.2) is 24.3 Å². The molecule has 0 unspecified atom stereocenters. The van der Waals surface area contributed by atoms with E-state index in [1.54, 1.807) is 19.9 Å². The molecule has 114 valence electrons. The SMILES string of the molecule is COC(=O)[C@@H](NC(=O)Cc1ccccc1[N+](=O)[O-])C(C)C. The lowest BCUT2D eigenvalue weighted by atomic mass is 10.0. The fraction of sp³-hybridized carbons (Fsp3) is 0.429. The number of nitrogens with zero attached hydrogens (tertiary/aromatic N) is 1. The smallest absolute Gasteiger partial charge is 0.328 e. The maximum atomic E-state index is 12.0. The number of hydrogen-bond donors (Lipinski definition) is 1. The Labute approximate surface area is 122 Å². The molecule has 0 spiro atoms. The van der Waals surface area contributed by atoms with Gasteiger partial charge in [-0.15, -0.1) is 0 Å². The van der Waals surface area contributed by atoms with Gasteiger partial charge in [0.1, 0.15) is 6.04 Å². The first-order valence-corrected chi connectivity index (χ1v) is 6.46. The van der Waals surface area contributed by atoms with Gasteiger partial charge in [0.25, 0.3) is 5.69 Å². The summed E-state index contributed by atoms with van der Waals surface area (Å²) in [5.74, 6) is -1.15. The molecular formula is C14H18N2O5. The first-order valence-electron chi connectivity index (χ1n) is 6.46. The van der Waals surface area contributed by atoms with Crippen LogP contribution in [0.5, 0.6) is 0 Å². The van der Waals surface area contributed by atoms with Gasteiger partial charge < -0.3 is 10.1 Å². The predicted octanol–water partition coefficient (Wildman–Crippen LogP) is 1.45. The number of para-hydroxylation sites is 1. The van der Waals surface area contributed by atoms with E-state index < -0.39 is 22.8 Å². The summed E-state index contributed by atoms with van der Waals surface area (Å²) < 4.78 is 4.62. The third-order valence-corrected chi connectivity index (χ3v) is 2.98. The van der Waals surface area contributed by atoms with Crippen molar-refractivity contribution in [1.29, 1.82) is 0 Å². The molecular weight excluding hydrogens is 276 g/mol. The number of methoxy groups -OCH3 is 1. The van der Waals surface area contributed by atoms with E-state index in [1.807, 2.05) is 0 Å². The van der Waals surface area contributed by atoms with Crippen molar-refractivity contribution in [3.8, 4) is 0 Å². The lowest BCUT2D eigenvalue weighted by molar-refractivity contribution is -0.385. The fourth-order valence-corrected chi connectivity index (χ4v) is 1.86. The number of benzene rings is 1. The van der Waals surface area contributed by atoms with Crippen molar-refractivity contribution in [2.24, 2.45) is 5.92 Å². The molecule has 1 N–H and O–H groups in total. The van der Waals surface area contributed by atoms with Crippen LogP contribution in [0.4, 0.5) is 5.69 Å². The van der Waals surface area contributed by atoms with Gasteiger partial charge in [-0.1, -0.05) is 32.0 Å². The molecule has 0 saturated carbocycles. The van der Waals surface area contributed by atoms with Crippen molar-refractivity contribution in [3.63, 3.8) is 0 Å². The Morgan fingerprint density at radius 3 is 2.48 bits per heavy atom. The molecule has 1 aromatic carbocycles. The quantitative estimate of drug-likeness (QED) is 0.486. The van der Waals surface area contributed by atoms with E-state index in [1.165, 1.54) is 25.3 Å². The molecule has 0 aromatic heterocycles. The zero-order chi connectivity index (χ0) is 16.0. The highest BCUT2D eigenvalue weighted by atomic mass is 16.6. The Bertz CT molecular complexity index is 542. The normalized spacial score (nSPS) is 11.8. The Kier molecular flexibility index (Phi) is 5.83. The number of nitro benzene ring substituents is 1. The van der Waals surface area contributed by atoms with E-state index in [0.29, 0.717) is 5.56 Å². The van der Waals surface area contributed by atoms with Gasteiger partial charge in [-0.3, -0.25) is 14.9 Å². The molecule has 0 aliphatic rings. The Morgan fingerprint density at radius 2 is 1.95 bits per heavy atom. The summed E-state index contributed by atoms with van der Waals surface area (Å²) in [6.45, 7) is 3.54. The summed E-state index contributed by atoms with van der Waals surface area (Å²) in [7, 11) is 1.24. The molecule has 7 nitrogen and oxygen atoms in total. The van der Waals surface area contributed by atoms with Gasteiger partial charge in [0.05, 0.1) is 18.5 Å². The molecule has 0 aliphatic carbocycles. The van der Waals surface area contributed by atoms with Crippen molar-refractivity contribution >= 4 is 17.6 Å². The number of esters is 1. The molecule has 1 atom stereocenters. The number of nitro groups is 1. The average Bonchev–Trinajstić information content (AvgIpc) is 2.44. The highest BCUT2D eigenvalue weighted by molar-refractivity contribution is 5.86. The predicted molar refractivity (Wildman–Crippen MR) is 75.6 cm³/mol. The average molecular weight is 294 g/mol. The second-order valence-corrected chi connectivity index (χ2v) is 4.87. The number of carbonyl (C=O) groups excluding carboxylic acids is 2. The van der Waals surface area contributed by atoms with Gasteiger partial charge in [-0.05, 0) is 5.92 Å². The van der Waals surface area contributed by atoms with Gasteiger partial charge in [-0.2, -0.15) is 0 Å². The number of hydrogen-bond acceptors (Lipinski definition) is 5. The first-order chi connectivity index (χ1) is 9.86. The standard InChI is InChI=1S/C14H18N2O5/c1-9(2)13(14(18)21-3)15-12(17)8-10-6-4-5-7-11(10)16(19)20/h4-7,9,13H,8H2,1-3H3,(H,15,17)/t13-/m0/s1. The summed E-state index contributed by atoms with van der Waals surface area (Å²) in [6.07, 6.45) is -0.169. The van der Waals surface area contributed by atoms with E-state index in [-0.39, 0.29) is 18.0 Å². The Hall–Kier alpha value is -2.44. The van der Waals surface area contributed by atoms with Gasteiger partial charge in [0.2, 0.25) is 5.91 Å². The molecule has 1 aromatic rings. The topological polar surface area (TPSA) is 98.5 Å². The summed E-state index contributed by atoms with van der Waals surface area (Å²) in [5, 5.41) is 13.4. The van der Waals surface area contributed by atoms with Crippen LogP contribution in [0.2, 0.25) is 0 Å². The van der Waals surface area contributed by atoms with Crippen molar-refractivity contribution in [2.75, 3.05) is 7.11 Å². The molecule has 0 saturated heterocycles. The van der Waals surface area contributed by atoms with E-state index in [4.69, 9.17) is 0 Å². The third kappa shape index (κ3) is 4.55. The van der Waals surface area contributed by atoms with E-state index in [9.17, 15) is 19.7 Å². The number of rotatable bonds is 6. The molecule has 1 rings (SSSR count). The largest absolute Gasteiger partial charge is 0.467 e. The maximum Gasteiger partial charge on any atom is 0.328 e. The second kappa shape index (κ2) is 7.37. The second-order valence-electron chi connectivity index (χ2n) is 4.87. The summed E-state index contributed by atoms with van der Waals surface area (Å²) >= 11 is 0. The van der Waals surface area contributed by atoms with Gasteiger partial charge in [-0.25, -0.2) is 4.79 Å². The third-order valence-electron chi connectivity index (χ3n) is 2.98. The van der Waals surface area contributed by atoms with Crippen LogP contribution < -0.4 is 5.32 Å². The lowest BCUT2D eigenvalue weighted by Crippen LogP contribution is -2.45. The molecule has 21 heavy (non-hydrogen) atoms. The van der Waals surface area contributed by atoms with Crippen molar-refractivity contribution in [2.45, 2.75) is 26.3 Å². The Morgan fingerprint density at radius 1 is 1.33 bits per heavy atom. The minimum Gasteiger partial charge on any atom is -0.467 e. The van der Waals surface area contributed by atoms with E-state index >= 15 is 0 Å². The van der Waals surface area contributed by atoms with Crippen molar-refractivity contribution < 1.29 is 19.2 Å². The van der Waals surface area contributed by atoms with Crippen molar-refractivity contribution in [1.82, 2.24) is 5.32 Å². The fourth-order valence-electron chi connectivity index (χ4n) is 1.86. The van der Waals surface area contributed by atoms with Crippen LogP contribution in [-0.2, 0) is 20.7 Å². The number of nitrogens with one attached hydrogen (secondary N) is 1. The maximum absolute atomic E-state index is 12.0. The van der Waals surface area contributed by atoms with Crippen LogP contribution in [0.25, 0.3) is 0 Å². The monoisotopic (exact) mass is 294 g/mol. The van der Waals surface area contributed by atoms with Crippen LogP contribution in [0, 0.1) is 16.0 Å². The van der Waals surface area contributed by atoms with Crippen molar-refractivity contribution in [3.05, 3.63) is 39.9 Å².